The van der Waals surface area contributed by atoms with Crippen LogP contribution in [-0.2, 0) is 4.74 Å². The highest BCUT2D eigenvalue weighted by Crippen LogP contribution is 2.33. The number of aromatic nitrogens is 2. The summed E-state index contributed by atoms with van der Waals surface area (Å²) in [7, 11) is 0. The zero-order valence-corrected chi connectivity index (χ0v) is 12.3. The topological polar surface area (TPSA) is 73.8 Å². The van der Waals surface area contributed by atoms with Crippen LogP contribution in [-0.4, -0.2) is 47.3 Å². The van der Waals surface area contributed by atoms with Gasteiger partial charge in [0.15, 0.2) is 11.5 Å². The number of fused-ring (bicyclic) bond motifs is 1. The predicted molar refractivity (Wildman–Crippen MR) is 79.2 cm³/mol. The molecule has 0 radical (unpaired) electrons. The van der Waals surface area contributed by atoms with Crippen molar-refractivity contribution in [2.24, 2.45) is 0 Å². The highest BCUT2D eigenvalue weighted by Gasteiger charge is 2.28. The summed E-state index contributed by atoms with van der Waals surface area (Å²) in [5.74, 6) is 1.22. The van der Waals surface area contributed by atoms with Crippen molar-refractivity contribution in [1.29, 1.82) is 0 Å². The Morgan fingerprint density at radius 3 is 3.00 bits per heavy atom. The molecule has 3 heterocycles. The fraction of sp³-hybridized carbons (Fsp3) is 0.312. The molecule has 1 saturated heterocycles. The Morgan fingerprint density at radius 1 is 1.22 bits per heavy atom. The molecule has 2 aliphatic heterocycles. The van der Waals surface area contributed by atoms with Crippen molar-refractivity contribution in [3.8, 4) is 11.5 Å². The molecule has 7 nitrogen and oxygen atoms in total. The van der Waals surface area contributed by atoms with Crippen LogP contribution in [0, 0.1) is 0 Å². The third-order valence-electron chi connectivity index (χ3n) is 3.89. The van der Waals surface area contributed by atoms with Gasteiger partial charge in [-0.15, -0.1) is 0 Å². The Balaban J connectivity index is 1.52. The van der Waals surface area contributed by atoms with Gasteiger partial charge in [0.1, 0.15) is 6.10 Å². The molecule has 1 aromatic heterocycles. The quantitative estimate of drug-likeness (QED) is 0.835. The standard InChI is InChI=1S/C16H15N3O4/c20-16(11-1-2-13-14(7-11)23-10-22-13)19-5-6-21-15(9-19)12-8-17-3-4-18-12/h1-4,7-8,15H,5-6,9-10H2/t15-/m0/s1. The number of morpholine rings is 1. The molecule has 4 rings (SSSR count). The lowest BCUT2D eigenvalue weighted by Gasteiger charge is -2.32. The van der Waals surface area contributed by atoms with Gasteiger partial charge in [0.2, 0.25) is 6.79 Å². The Labute approximate surface area is 132 Å². The molecule has 1 fully saturated rings. The number of ether oxygens (including phenoxy) is 3. The molecule has 1 aromatic carbocycles. The average molecular weight is 313 g/mol. The van der Waals surface area contributed by atoms with E-state index in [0.29, 0.717) is 36.8 Å². The van der Waals surface area contributed by atoms with Gasteiger partial charge in [-0.2, -0.15) is 0 Å². The first-order chi connectivity index (χ1) is 11.3. The SMILES string of the molecule is O=C(c1ccc2c(c1)OCO2)N1CCO[C@H](c2cnccn2)C1. The lowest BCUT2D eigenvalue weighted by Crippen LogP contribution is -2.42. The normalized spacial score (nSPS) is 19.7. The highest BCUT2D eigenvalue weighted by molar-refractivity contribution is 5.95. The third kappa shape index (κ3) is 2.70. The number of amides is 1. The van der Waals surface area contributed by atoms with Crippen molar-refractivity contribution in [1.82, 2.24) is 14.9 Å². The van der Waals surface area contributed by atoms with Crippen LogP contribution >= 0.6 is 0 Å². The third-order valence-corrected chi connectivity index (χ3v) is 3.89. The Morgan fingerprint density at radius 2 is 2.13 bits per heavy atom. The summed E-state index contributed by atoms with van der Waals surface area (Å²) in [4.78, 5) is 22.8. The molecular formula is C16H15N3O4. The molecule has 0 aliphatic carbocycles. The van der Waals surface area contributed by atoms with E-state index < -0.39 is 0 Å². The lowest BCUT2D eigenvalue weighted by atomic mass is 10.1. The molecule has 0 unspecified atom stereocenters. The molecule has 0 saturated carbocycles. The summed E-state index contributed by atoms with van der Waals surface area (Å²) in [5, 5.41) is 0. The maximum absolute atomic E-state index is 12.7. The average Bonchev–Trinajstić information content (AvgIpc) is 3.09. The lowest BCUT2D eigenvalue weighted by molar-refractivity contribution is -0.0249. The maximum atomic E-state index is 12.7. The van der Waals surface area contributed by atoms with Crippen LogP contribution < -0.4 is 9.47 Å². The Hall–Kier alpha value is -2.67. The first-order valence-electron chi connectivity index (χ1n) is 7.38. The van der Waals surface area contributed by atoms with Crippen LogP contribution in [0.3, 0.4) is 0 Å². The summed E-state index contributed by atoms with van der Waals surface area (Å²) in [6, 6.07) is 5.23. The minimum atomic E-state index is -0.254. The largest absolute Gasteiger partial charge is 0.454 e. The van der Waals surface area contributed by atoms with E-state index in [2.05, 4.69) is 9.97 Å². The van der Waals surface area contributed by atoms with Gasteiger partial charge in [-0.1, -0.05) is 0 Å². The molecule has 0 N–H and O–H groups in total. The fourth-order valence-electron chi connectivity index (χ4n) is 2.70. The van der Waals surface area contributed by atoms with Gasteiger partial charge in [-0.25, -0.2) is 0 Å². The van der Waals surface area contributed by atoms with E-state index >= 15 is 0 Å². The summed E-state index contributed by atoms with van der Waals surface area (Å²) in [6.07, 6.45) is 4.65. The number of rotatable bonds is 2. The molecule has 2 aromatic rings. The van der Waals surface area contributed by atoms with E-state index in [0.717, 1.165) is 5.69 Å². The number of hydrogen-bond acceptors (Lipinski definition) is 6. The zero-order chi connectivity index (χ0) is 15.6. The van der Waals surface area contributed by atoms with E-state index in [4.69, 9.17) is 14.2 Å². The molecular weight excluding hydrogens is 298 g/mol. The van der Waals surface area contributed by atoms with Crippen molar-refractivity contribution < 1.29 is 19.0 Å². The predicted octanol–water partition coefficient (Wildman–Crippen LogP) is 1.42. The second-order valence-electron chi connectivity index (χ2n) is 5.31. The highest BCUT2D eigenvalue weighted by atomic mass is 16.7. The summed E-state index contributed by atoms with van der Waals surface area (Å²) in [6.45, 7) is 1.66. The first kappa shape index (κ1) is 14.0. The Kier molecular flexibility index (Phi) is 3.55. The van der Waals surface area contributed by atoms with Crippen LogP contribution in [0.5, 0.6) is 11.5 Å². The summed E-state index contributed by atoms with van der Waals surface area (Å²) < 4.78 is 16.3. The van der Waals surface area contributed by atoms with E-state index in [1.54, 1.807) is 41.7 Å². The van der Waals surface area contributed by atoms with Gasteiger partial charge >= 0.3 is 0 Å². The van der Waals surface area contributed by atoms with Gasteiger partial charge in [0.25, 0.3) is 5.91 Å². The van der Waals surface area contributed by atoms with Crippen LogP contribution in [0.25, 0.3) is 0 Å². The number of nitrogens with zero attached hydrogens (tertiary/aromatic N) is 3. The molecule has 0 bridgehead atoms. The number of benzene rings is 1. The minimum absolute atomic E-state index is 0.0551. The fourth-order valence-corrected chi connectivity index (χ4v) is 2.70. The second kappa shape index (κ2) is 5.85. The molecule has 0 spiro atoms. The Bertz CT molecular complexity index is 723. The molecule has 2 aliphatic rings. The molecule has 1 atom stereocenters. The van der Waals surface area contributed by atoms with Crippen LogP contribution in [0.2, 0.25) is 0 Å². The van der Waals surface area contributed by atoms with E-state index in [-0.39, 0.29) is 18.8 Å². The zero-order valence-electron chi connectivity index (χ0n) is 12.3. The monoisotopic (exact) mass is 313 g/mol. The maximum Gasteiger partial charge on any atom is 0.254 e. The smallest absolute Gasteiger partial charge is 0.254 e. The minimum Gasteiger partial charge on any atom is -0.454 e. The molecule has 118 valence electrons. The van der Waals surface area contributed by atoms with Gasteiger partial charge in [-0.05, 0) is 18.2 Å². The van der Waals surface area contributed by atoms with Crippen molar-refractivity contribution >= 4 is 5.91 Å². The van der Waals surface area contributed by atoms with Crippen molar-refractivity contribution in [2.75, 3.05) is 26.5 Å². The van der Waals surface area contributed by atoms with Crippen LogP contribution in [0.4, 0.5) is 0 Å². The van der Waals surface area contributed by atoms with E-state index in [1.165, 1.54) is 0 Å². The van der Waals surface area contributed by atoms with Crippen LogP contribution in [0.1, 0.15) is 22.2 Å². The van der Waals surface area contributed by atoms with Gasteiger partial charge in [0.05, 0.1) is 25.0 Å². The second-order valence-corrected chi connectivity index (χ2v) is 5.31. The number of carbonyl (C=O) groups is 1. The molecule has 23 heavy (non-hydrogen) atoms. The van der Waals surface area contributed by atoms with E-state index in [1.807, 2.05) is 0 Å². The van der Waals surface area contributed by atoms with E-state index in [9.17, 15) is 4.79 Å². The van der Waals surface area contributed by atoms with Gasteiger partial charge in [-0.3, -0.25) is 14.8 Å². The first-order valence-corrected chi connectivity index (χ1v) is 7.38. The molecule has 7 heteroatoms. The summed E-state index contributed by atoms with van der Waals surface area (Å²) in [5.41, 5.74) is 1.31. The summed E-state index contributed by atoms with van der Waals surface area (Å²) >= 11 is 0. The van der Waals surface area contributed by atoms with Crippen molar-refractivity contribution in [3.05, 3.63) is 48.0 Å². The number of hydrogen-bond donors (Lipinski definition) is 0. The molecule has 1 amide bonds. The van der Waals surface area contributed by atoms with Crippen molar-refractivity contribution in [3.63, 3.8) is 0 Å². The number of carbonyl (C=O) groups excluding carboxylic acids is 1. The van der Waals surface area contributed by atoms with Gasteiger partial charge < -0.3 is 19.1 Å². The van der Waals surface area contributed by atoms with Crippen LogP contribution in [0.15, 0.2) is 36.8 Å². The van der Waals surface area contributed by atoms with Gasteiger partial charge in [0, 0.05) is 24.5 Å². The van der Waals surface area contributed by atoms with Crippen molar-refractivity contribution in [2.45, 2.75) is 6.10 Å².